The summed E-state index contributed by atoms with van der Waals surface area (Å²) in [7, 11) is 0. The Bertz CT molecular complexity index is 420. The minimum Gasteiger partial charge on any atom is -0.385 e. The molecule has 0 radical (unpaired) electrons. The Hall–Kier alpha value is -0.820. The number of hydrogen-bond donors (Lipinski definition) is 1. The molecule has 17 heavy (non-hydrogen) atoms. The van der Waals surface area contributed by atoms with E-state index in [0.29, 0.717) is 0 Å². The van der Waals surface area contributed by atoms with Gasteiger partial charge in [0.05, 0.1) is 5.60 Å². The van der Waals surface area contributed by atoms with Gasteiger partial charge in [-0.1, -0.05) is 44.9 Å². The van der Waals surface area contributed by atoms with Gasteiger partial charge in [0.15, 0.2) is 0 Å². The van der Waals surface area contributed by atoms with Crippen molar-refractivity contribution in [1.82, 2.24) is 0 Å². The van der Waals surface area contributed by atoms with Crippen LogP contribution in [0.5, 0.6) is 0 Å². The maximum absolute atomic E-state index is 11.2. The molecule has 0 aliphatic heterocycles. The highest BCUT2D eigenvalue weighted by atomic mass is 16.3. The molecule has 1 N–H and O–H groups in total. The van der Waals surface area contributed by atoms with Crippen LogP contribution in [0.3, 0.4) is 0 Å². The van der Waals surface area contributed by atoms with E-state index in [1.807, 2.05) is 0 Å². The summed E-state index contributed by atoms with van der Waals surface area (Å²) in [5, 5.41) is 11.2. The van der Waals surface area contributed by atoms with Crippen LogP contribution in [0.25, 0.3) is 0 Å². The summed E-state index contributed by atoms with van der Waals surface area (Å²) < 4.78 is 0. The van der Waals surface area contributed by atoms with Crippen molar-refractivity contribution in [2.24, 2.45) is 5.41 Å². The van der Waals surface area contributed by atoms with Crippen molar-refractivity contribution in [3.63, 3.8) is 0 Å². The zero-order chi connectivity index (χ0) is 12.7. The number of benzene rings is 1. The molecule has 0 amide bonds. The Morgan fingerprint density at radius 2 is 1.71 bits per heavy atom. The molecule has 1 aromatic rings. The molecule has 1 aromatic carbocycles. The molecule has 1 saturated carbocycles. The first kappa shape index (κ1) is 12.6. The molecular formula is C16H24O. The number of hydrogen-bond acceptors (Lipinski definition) is 1. The summed E-state index contributed by atoms with van der Waals surface area (Å²) in [4.78, 5) is 0. The van der Waals surface area contributed by atoms with E-state index < -0.39 is 5.60 Å². The van der Waals surface area contributed by atoms with E-state index in [9.17, 15) is 5.11 Å². The van der Waals surface area contributed by atoms with Crippen LogP contribution >= 0.6 is 0 Å². The van der Waals surface area contributed by atoms with Gasteiger partial charge in [0.1, 0.15) is 0 Å². The van der Waals surface area contributed by atoms with E-state index in [0.717, 1.165) is 24.8 Å². The largest absolute Gasteiger partial charge is 0.385 e. The van der Waals surface area contributed by atoms with Crippen molar-refractivity contribution in [2.45, 2.75) is 59.0 Å². The monoisotopic (exact) mass is 232 g/mol. The maximum Gasteiger partial charge on any atom is 0.0949 e. The fourth-order valence-electron chi connectivity index (χ4n) is 3.19. The van der Waals surface area contributed by atoms with E-state index in [4.69, 9.17) is 0 Å². The summed E-state index contributed by atoms with van der Waals surface area (Å²) >= 11 is 0. The van der Waals surface area contributed by atoms with Gasteiger partial charge < -0.3 is 5.11 Å². The van der Waals surface area contributed by atoms with Crippen molar-refractivity contribution in [2.75, 3.05) is 0 Å². The molecule has 1 aliphatic carbocycles. The molecule has 0 saturated heterocycles. The second-order valence-electron chi connectivity index (χ2n) is 6.20. The smallest absolute Gasteiger partial charge is 0.0949 e. The number of rotatable bonds is 1. The highest BCUT2D eigenvalue weighted by Crippen LogP contribution is 2.50. The van der Waals surface area contributed by atoms with Crippen LogP contribution in [0, 0.1) is 19.3 Å². The average Bonchev–Trinajstić information content (AvgIpc) is 2.26. The fraction of sp³-hybridized carbons (Fsp3) is 0.625. The summed E-state index contributed by atoms with van der Waals surface area (Å²) in [5.74, 6) is 0. The molecule has 1 aliphatic rings. The normalized spacial score (nSPS) is 28.1. The Morgan fingerprint density at radius 3 is 2.35 bits per heavy atom. The van der Waals surface area contributed by atoms with E-state index in [1.165, 1.54) is 17.5 Å². The lowest BCUT2D eigenvalue weighted by molar-refractivity contribution is -0.104. The summed E-state index contributed by atoms with van der Waals surface area (Å²) in [6, 6.07) is 6.30. The third-order valence-electron chi connectivity index (χ3n) is 4.76. The van der Waals surface area contributed by atoms with Crippen molar-refractivity contribution in [3.05, 3.63) is 34.9 Å². The molecule has 1 heteroatoms. The Labute approximate surface area is 105 Å². The van der Waals surface area contributed by atoms with E-state index >= 15 is 0 Å². The topological polar surface area (TPSA) is 20.2 Å². The second kappa shape index (κ2) is 4.13. The number of aliphatic hydroxyl groups is 1. The maximum atomic E-state index is 11.2. The molecule has 0 heterocycles. The first-order valence-electron chi connectivity index (χ1n) is 6.67. The SMILES string of the molecule is Cc1cccc(C2(O)CCCCC2(C)C)c1C. The second-order valence-corrected chi connectivity index (χ2v) is 6.20. The van der Waals surface area contributed by atoms with Crippen LogP contribution in [-0.4, -0.2) is 5.11 Å². The lowest BCUT2D eigenvalue weighted by Crippen LogP contribution is -2.45. The van der Waals surface area contributed by atoms with Gasteiger partial charge in [-0.3, -0.25) is 0 Å². The van der Waals surface area contributed by atoms with Gasteiger partial charge in [0, 0.05) is 0 Å². The van der Waals surface area contributed by atoms with Crippen LogP contribution in [0.4, 0.5) is 0 Å². The molecule has 1 atom stereocenters. The Kier molecular flexibility index (Phi) is 3.07. The van der Waals surface area contributed by atoms with E-state index in [-0.39, 0.29) is 5.41 Å². The molecule has 1 unspecified atom stereocenters. The summed E-state index contributed by atoms with van der Waals surface area (Å²) in [6.07, 6.45) is 4.37. The Morgan fingerprint density at radius 1 is 1.06 bits per heavy atom. The highest BCUT2D eigenvalue weighted by Gasteiger charge is 2.46. The first-order chi connectivity index (χ1) is 7.88. The summed E-state index contributed by atoms with van der Waals surface area (Å²) in [5.41, 5.74) is 3.00. The van der Waals surface area contributed by atoms with E-state index in [1.54, 1.807) is 0 Å². The molecule has 2 rings (SSSR count). The lowest BCUT2D eigenvalue weighted by Gasteiger charge is -2.47. The van der Waals surface area contributed by atoms with Gasteiger partial charge in [0.25, 0.3) is 0 Å². The average molecular weight is 232 g/mol. The van der Waals surface area contributed by atoms with Crippen LogP contribution in [0.2, 0.25) is 0 Å². The van der Waals surface area contributed by atoms with Crippen molar-refractivity contribution < 1.29 is 5.11 Å². The highest BCUT2D eigenvalue weighted by molar-refractivity contribution is 5.38. The van der Waals surface area contributed by atoms with Gasteiger partial charge in [-0.05, 0) is 48.8 Å². The molecule has 1 nitrogen and oxygen atoms in total. The Balaban J connectivity index is 2.53. The number of aryl methyl sites for hydroxylation is 1. The van der Waals surface area contributed by atoms with Gasteiger partial charge in [-0.25, -0.2) is 0 Å². The van der Waals surface area contributed by atoms with Gasteiger partial charge in [-0.15, -0.1) is 0 Å². The first-order valence-corrected chi connectivity index (χ1v) is 6.67. The molecule has 0 spiro atoms. The third kappa shape index (κ3) is 1.91. The minimum absolute atomic E-state index is 0.0240. The van der Waals surface area contributed by atoms with Gasteiger partial charge in [0.2, 0.25) is 0 Å². The van der Waals surface area contributed by atoms with Crippen LogP contribution in [-0.2, 0) is 5.60 Å². The predicted molar refractivity (Wildman–Crippen MR) is 72.1 cm³/mol. The quantitative estimate of drug-likeness (QED) is 0.773. The van der Waals surface area contributed by atoms with Gasteiger partial charge >= 0.3 is 0 Å². The molecular weight excluding hydrogens is 208 g/mol. The lowest BCUT2D eigenvalue weighted by atomic mass is 9.62. The summed E-state index contributed by atoms with van der Waals surface area (Å²) in [6.45, 7) is 8.66. The fourth-order valence-corrected chi connectivity index (χ4v) is 3.19. The van der Waals surface area contributed by atoms with Crippen molar-refractivity contribution in [3.8, 4) is 0 Å². The van der Waals surface area contributed by atoms with Crippen molar-refractivity contribution in [1.29, 1.82) is 0 Å². The van der Waals surface area contributed by atoms with E-state index in [2.05, 4.69) is 45.9 Å². The van der Waals surface area contributed by atoms with Crippen LogP contribution < -0.4 is 0 Å². The molecule has 1 fully saturated rings. The third-order valence-corrected chi connectivity index (χ3v) is 4.76. The predicted octanol–water partition coefficient (Wildman–Crippen LogP) is 4.09. The van der Waals surface area contributed by atoms with Crippen LogP contribution in [0.1, 0.15) is 56.2 Å². The minimum atomic E-state index is -0.651. The van der Waals surface area contributed by atoms with Gasteiger partial charge in [-0.2, -0.15) is 0 Å². The molecule has 0 bridgehead atoms. The van der Waals surface area contributed by atoms with Crippen LogP contribution in [0.15, 0.2) is 18.2 Å². The zero-order valence-corrected chi connectivity index (χ0v) is 11.5. The van der Waals surface area contributed by atoms with Crippen molar-refractivity contribution >= 4 is 0 Å². The standard InChI is InChI=1S/C16H24O/c1-12-8-7-9-14(13(12)2)16(17)11-6-5-10-15(16,3)4/h7-9,17H,5-6,10-11H2,1-4H3. The zero-order valence-electron chi connectivity index (χ0n) is 11.5. The molecule has 94 valence electrons. The molecule has 0 aromatic heterocycles.